The third kappa shape index (κ3) is 2.51. The van der Waals surface area contributed by atoms with Crippen LogP contribution in [0.2, 0.25) is 0 Å². The molecular formula is C20H27NO3. The minimum absolute atomic E-state index is 0.0644. The zero-order valence-electron chi connectivity index (χ0n) is 14.3. The fourth-order valence-electron chi connectivity index (χ4n) is 5.11. The number of hydrogen-bond acceptors (Lipinski definition) is 4. The van der Waals surface area contributed by atoms with Crippen molar-refractivity contribution in [3.05, 3.63) is 35.9 Å². The molecule has 0 aromatic heterocycles. The highest BCUT2D eigenvalue weighted by atomic mass is 16.7. The van der Waals surface area contributed by atoms with Crippen molar-refractivity contribution in [3.8, 4) is 0 Å². The predicted molar refractivity (Wildman–Crippen MR) is 90.3 cm³/mol. The Morgan fingerprint density at radius 1 is 1.00 bits per heavy atom. The van der Waals surface area contributed by atoms with Gasteiger partial charge in [0.2, 0.25) is 0 Å². The Bertz CT molecular complexity index is 574. The van der Waals surface area contributed by atoms with Gasteiger partial charge in [-0.3, -0.25) is 4.84 Å². The summed E-state index contributed by atoms with van der Waals surface area (Å²) in [6.07, 6.45) is 9.45. The maximum atomic E-state index is 6.35. The number of fused-ring (bicyclic) bond motifs is 3. The standard InChI is InChI=1S/C20H27NO3/c1-3-7-16(8-4-1)11-17-12-18-13-19(21(17)24-18)14-22-20(23-15-19)9-5-2-6-10-20/h1,3-4,7-8,17-18H,2,5-6,9-15H2/t17-,18?/m1/s1. The summed E-state index contributed by atoms with van der Waals surface area (Å²) in [4.78, 5) is 6.20. The smallest absolute Gasteiger partial charge is 0.168 e. The van der Waals surface area contributed by atoms with Gasteiger partial charge in [-0.2, -0.15) is 5.06 Å². The van der Waals surface area contributed by atoms with Crippen LogP contribution in [0.4, 0.5) is 0 Å². The van der Waals surface area contributed by atoms with Gasteiger partial charge in [0.1, 0.15) is 0 Å². The molecule has 0 amide bonds. The molecule has 3 heterocycles. The maximum Gasteiger partial charge on any atom is 0.168 e. The largest absolute Gasteiger partial charge is 0.348 e. The fourth-order valence-corrected chi connectivity index (χ4v) is 5.11. The lowest BCUT2D eigenvalue weighted by Gasteiger charge is -2.50. The summed E-state index contributed by atoms with van der Waals surface area (Å²) >= 11 is 0. The van der Waals surface area contributed by atoms with E-state index in [0.29, 0.717) is 12.1 Å². The van der Waals surface area contributed by atoms with Crippen molar-refractivity contribution in [3.63, 3.8) is 0 Å². The Morgan fingerprint density at radius 3 is 2.46 bits per heavy atom. The number of nitrogens with zero attached hydrogens (tertiary/aromatic N) is 1. The van der Waals surface area contributed by atoms with Gasteiger partial charge in [0, 0.05) is 25.3 Å². The Morgan fingerprint density at radius 2 is 1.75 bits per heavy atom. The summed E-state index contributed by atoms with van der Waals surface area (Å²) in [5.41, 5.74) is 1.32. The molecule has 2 bridgehead atoms. The Balaban J connectivity index is 1.29. The summed E-state index contributed by atoms with van der Waals surface area (Å²) in [6, 6.07) is 11.2. The monoisotopic (exact) mass is 329 g/mol. The second-order valence-electron chi connectivity index (χ2n) is 8.11. The molecular weight excluding hydrogens is 302 g/mol. The molecule has 0 radical (unpaired) electrons. The highest BCUT2D eigenvalue weighted by molar-refractivity contribution is 5.17. The molecule has 5 rings (SSSR count). The summed E-state index contributed by atoms with van der Waals surface area (Å²) in [5.74, 6) is -0.290. The second-order valence-corrected chi connectivity index (χ2v) is 8.11. The van der Waals surface area contributed by atoms with E-state index in [1.54, 1.807) is 0 Å². The van der Waals surface area contributed by atoms with Crippen LogP contribution in [0.5, 0.6) is 0 Å². The first-order valence-electron chi connectivity index (χ1n) is 9.55. The molecule has 130 valence electrons. The van der Waals surface area contributed by atoms with Crippen LogP contribution >= 0.6 is 0 Å². The second kappa shape index (κ2) is 5.80. The zero-order valence-corrected chi connectivity index (χ0v) is 14.3. The van der Waals surface area contributed by atoms with Gasteiger partial charge < -0.3 is 9.47 Å². The van der Waals surface area contributed by atoms with Gasteiger partial charge in [0.05, 0.1) is 24.9 Å². The average Bonchev–Trinajstić information content (AvgIpc) is 3.18. The molecule has 24 heavy (non-hydrogen) atoms. The average molecular weight is 329 g/mol. The van der Waals surface area contributed by atoms with Crippen LogP contribution in [0.25, 0.3) is 0 Å². The van der Waals surface area contributed by atoms with E-state index in [9.17, 15) is 0 Å². The Kier molecular flexibility index (Phi) is 3.71. The van der Waals surface area contributed by atoms with Crippen LogP contribution in [0.15, 0.2) is 30.3 Å². The number of ether oxygens (including phenoxy) is 2. The molecule has 3 atom stereocenters. The van der Waals surface area contributed by atoms with E-state index in [2.05, 4.69) is 35.4 Å². The van der Waals surface area contributed by atoms with Crippen molar-refractivity contribution < 1.29 is 14.3 Å². The molecule has 3 aliphatic heterocycles. The van der Waals surface area contributed by atoms with Crippen molar-refractivity contribution in [2.75, 3.05) is 13.2 Å². The molecule has 1 saturated carbocycles. The first-order chi connectivity index (χ1) is 11.8. The number of rotatable bonds is 2. The first kappa shape index (κ1) is 15.3. The van der Waals surface area contributed by atoms with Crippen LogP contribution in [0, 0.1) is 0 Å². The summed E-state index contributed by atoms with van der Waals surface area (Å²) in [6.45, 7) is 1.52. The predicted octanol–water partition coefficient (Wildman–Crippen LogP) is 3.45. The molecule has 2 spiro atoms. The van der Waals surface area contributed by atoms with E-state index in [0.717, 1.165) is 45.3 Å². The number of benzene rings is 1. The van der Waals surface area contributed by atoms with Crippen molar-refractivity contribution >= 4 is 0 Å². The minimum Gasteiger partial charge on any atom is -0.348 e. The van der Waals surface area contributed by atoms with E-state index < -0.39 is 0 Å². The molecule has 4 nitrogen and oxygen atoms in total. The summed E-state index contributed by atoms with van der Waals surface area (Å²) in [7, 11) is 0. The van der Waals surface area contributed by atoms with Crippen LogP contribution in [0.3, 0.4) is 0 Å². The van der Waals surface area contributed by atoms with Gasteiger partial charge in [-0.15, -0.1) is 0 Å². The van der Waals surface area contributed by atoms with Gasteiger partial charge in [-0.25, -0.2) is 0 Å². The zero-order chi connectivity index (χ0) is 16.0. The quantitative estimate of drug-likeness (QED) is 0.831. The highest BCUT2D eigenvalue weighted by Gasteiger charge is 2.59. The van der Waals surface area contributed by atoms with Gasteiger partial charge in [-0.1, -0.05) is 36.8 Å². The van der Waals surface area contributed by atoms with E-state index in [1.165, 1.54) is 24.8 Å². The highest BCUT2D eigenvalue weighted by Crippen LogP contribution is 2.48. The Hall–Kier alpha value is -0.940. The van der Waals surface area contributed by atoms with Crippen molar-refractivity contribution in [2.24, 2.45) is 0 Å². The first-order valence-corrected chi connectivity index (χ1v) is 9.55. The van der Waals surface area contributed by atoms with E-state index in [4.69, 9.17) is 14.3 Å². The fraction of sp³-hybridized carbons (Fsp3) is 0.700. The van der Waals surface area contributed by atoms with Gasteiger partial charge >= 0.3 is 0 Å². The van der Waals surface area contributed by atoms with Crippen molar-refractivity contribution in [1.82, 2.24) is 5.06 Å². The van der Waals surface area contributed by atoms with E-state index >= 15 is 0 Å². The number of piperidine rings is 1. The van der Waals surface area contributed by atoms with Crippen molar-refractivity contribution in [2.45, 2.75) is 74.8 Å². The molecule has 1 aliphatic carbocycles. The third-order valence-electron chi connectivity index (χ3n) is 6.34. The van der Waals surface area contributed by atoms with Crippen LogP contribution < -0.4 is 0 Å². The van der Waals surface area contributed by atoms with Gasteiger partial charge in [0.25, 0.3) is 0 Å². The molecule has 1 aromatic rings. The van der Waals surface area contributed by atoms with E-state index in [1.807, 2.05) is 0 Å². The summed E-state index contributed by atoms with van der Waals surface area (Å²) in [5, 5.41) is 2.25. The third-order valence-corrected chi connectivity index (χ3v) is 6.34. The molecule has 4 fully saturated rings. The van der Waals surface area contributed by atoms with Gasteiger partial charge in [-0.05, 0) is 31.2 Å². The molecule has 4 aliphatic rings. The number of hydroxylamine groups is 2. The van der Waals surface area contributed by atoms with E-state index in [-0.39, 0.29) is 11.3 Å². The molecule has 3 saturated heterocycles. The minimum atomic E-state index is -0.290. The molecule has 4 heteroatoms. The van der Waals surface area contributed by atoms with Gasteiger partial charge in [0.15, 0.2) is 5.79 Å². The Labute approximate surface area is 144 Å². The molecule has 1 aromatic carbocycles. The normalized spacial score (nSPS) is 36.4. The van der Waals surface area contributed by atoms with Crippen LogP contribution in [0.1, 0.15) is 50.5 Å². The topological polar surface area (TPSA) is 30.9 Å². The lowest BCUT2D eigenvalue weighted by molar-refractivity contribution is -0.333. The van der Waals surface area contributed by atoms with Crippen LogP contribution in [-0.2, 0) is 20.7 Å². The number of hydrogen-bond donors (Lipinski definition) is 0. The molecule has 2 unspecified atom stereocenters. The summed E-state index contributed by atoms with van der Waals surface area (Å²) < 4.78 is 12.7. The SMILES string of the molecule is c1ccc(C[C@@H]2CC3CC4(COC5(CCCCC5)OC4)N2O3)cc1. The van der Waals surface area contributed by atoms with Crippen molar-refractivity contribution in [1.29, 1.82) is 0 Å². The lowest BCUT2D eigenvalue weighted by Crippen LogP contribution is -2.62. The maximum absolute atomic E-state index is 6.35. The molecule has 0 N–H and O–H groups in total. The lowest BCUT2D eigenvalue weighted by atomic mass is 9.83. The van der Waals surface area contributed by atoms with Crippen LogP contribution in [-0.4, -0.2) is 41.7 Å².